The zero-order chi connectivity index (χ0) is 6.69. The van der Waals surface area contributed by atoms with Crippen molar-refractivity contribution < 1.29 is 5.11 Å². The van der Waals surface area contributed by atoms with E-state index in [0.717, 1.165) is 18.4 Å². The molecule has 0 fully saturated rings. The van der Waals surface area contributed by atoms with E-state index >= 15 is 0 Å². The van der Waals surface area contributed by atoms with Crippen LogP contribution in [0.3, 0.4) is 0 Å². The summed E-state index contributed by atoms with van der Waals surface area (Å²) in [6, 6.07) is 0. The number of allylic oxidation sites excluding steroid dienone is 1. The van der Waals surface area contributed by atoms with Gasteiger partial charge in [0.15, 0.2) is 0 Å². The lowest BCUT2D eigenvalue weighted by Crippen LogP contribution is -2.03. The van der Waals surface area contributed by atoms with Crippen molar-refractivity contribution >= 4 is 0 Å². The van der Waals surface area contributed by atoms with Crippen LogP contribution in [0.2, 0.25) is 0 Å². The lowest BCUT2D eigenvalue weighted by molar-refractivity contribution is 0.210. The van der Waals surface area contributed by atoms with E-state index in [4.69, 9.17) is 11.5 Å². The first-order chi connectivity index (χ1) is 4.34. The Kier molecular flexibility index (Phi) is 1.92. The molecule has 0 heterocycles. The molecule has 0 bridgehead atoms. The Morgan fingerprint density at radius 3 is 3.11 bits per heavy atom. The van der Waals surface area contributed by atoms with Crippen molar-refractivity contribution in [2.24, 2.45) is 0 Å². The second-order valence-corrected chi connectivity index (χ2v) is 2.25. The summed E-state index contributed by atoms with van der Waals surface area (Å²) >= 11 is 0. The van der Waals surface area contributed by atoms with Gasteiger partial charge in [0.1, 0.15) is 0 Å². The van der Waals surface area contributed by atoms with Crippen molar-refractivity contribution in [3.63, 3.8) is 0 Å². The van der Waals surface area contributed by atoms with Crippen molar-refractivity contribution in [2.75, 3.05) is 0 Å². The topological polar surface area (TPSA) is 20.2 Å². The highest BCUT2D eigenvalue weighted by Crippen LogP contribution is 2.20. The first-order valence-electron chi connectivity index (χ1n) is 3.15. The molecule has 0 spiro atoms. The molecule has 0 saturated carbocycles. The van der Waals surface area contributed by atoms with Gasteiger partial charge in [0.05, 0.1) is 6.10 Å². The highest BCUT2D eigenvalue weighted by Gasteiger charge is 2.13. The van der Waals surface area contributed by atoms with Crippen LogP contribution in [-0.4, -0.2) is 11.2 Å². The van der Waals surface area contributed by atoms with Gasteiger partial charge >= 0.3 is 0 Å². The summed E-state index contributed by atoms with van der Waals surface area (Å²) in [5.41, 5.74) is 1.03. The lowest BCUT2D eigenvalue weighted by Gasteiger charge is -2.02. The van der Waals surface area contributed by atoms with E-state index in [0.29, 0.717) is 6.42 Å². The summed E-state index contributed by atoms with van der Waals surface area (Å²) in [6.07, 6.45) is 9.31. The molecular weight excluding hydrogens is 112 g/mol. The van der Waals surface area contributed by atoms with E-state index < -0.39 is 0 Å². The molecule has 9 heavy (non-hydrogen) atoms. The van der Waals surface area contributed by atoms with Gasteiger partial charge in [-0.05, 0) is 18.4 Å². The summed E-state index contributed by atoms with van der Waals surface area (Å²) in [4.78, 5) is 0. The molecule has 1 unspecified atom stereocenters. The van der Waals surface area contributed by atoms with Gasteiger partial charge in [0.25, 0.3) is 0 Å². The molecule has 1 atom stereocenters. The van der Waals surface area contributed by atoms with Crippen LogP contribution in [-0.2, 0) is 0 Å². The Hall–Kier alpha value is -0.740. The van der Waals surface area contributed by atoms with Gasteiger partial charge in [-0.25, -0.2) is 0 Å². The molecule has 1 aliphatic rings. The maximum absolute atomic E-state index is 9.16. The predicted octanol–water partition coefficient (Wildman–Crippen LogP) is 1.09. The summed E-state index contributed by atoms with van der Waals surface area (Å²) in [5, 5.41) is 9.16. The Bertz CT molecular complexity index is 162. The van der Waals surface area contributed by atoms with E-state index in [1.807, 2.05) is 6.08 Å². The van der Waals surface area contributed by atoms with E-state index in [2.05, 4.69) is 5.92 Å². The lowest BCUT2D eigenvalue weighted by atomic mass is 10.1. The summed E-state index contributed by atoms with van der Waals surface area (Å²) in [5.74, 6) is 2.51. The van der Waals surface area contributed by atoms with Gasteiger partial charge in [-0.2, -0.15) is 0 Å². The number of aliphatic hydroxyl groups is 1. The standard InChI is InChI=1S/C8H10O/c1-2-4-7-5-3-6-8(7)9/h1,5,8-9H,3-4,6H2. The first kappa shape index (κ1) is 6.38. The third-order valence-electron chi connectivity index (χ3n) is 1.58. The van der Waals surface area contributed by atoms with Gasteiger partial charge in [0.2, 0.25) is 0 Å². The van der Waals surface area contributed by atoms with Crippen molar-refractivity contribution in [1.29, 1.82) is 0 Å². The Morgan fingerprint density at radius 1 is 1.89 bits per heavy atom. The third-order valence-corrected chi connectivity index (χ3v) is 1.58. The molecule has 48 valence electrons. The minimum absolute atomic E-state index is 0.249. The summed E-state index contributed by atoms with van der Waals surface area (Å²) in [6.45, 7) is 0. The molecule has 0 radical (unpaired) electrons. The van der Waals surface area contributed by atoms with Crippen molar-refractivity contribution in [3.05, 3.63) is 11.6 Å². The average molecular weight is 122 g/mol. The van der Waals surface area contributed by atoms with Crippen molar-refractivity contribution in [2.45, 2.75) is 25.4 Å². The highest BCUT2D eigenvalue weighted by molar-refractivity contribution is 5.18. The van der Waals surface area contributed by atoms with Crippen LogP contribution in [0.5, 0.6) is 0 Å². The number of aliphatic hydroxyl groups excluding tert-OH is 1. The van der Waals surface area contributed by atoms with Crippen LogP contribution in [0.1, 0.15) is 19.3 Å². The molecule has 0 aromatic heterocycles. The average Bonchev–Trinajstić information content (AvgIpc) is 2.18. The molecule has 0 amide bonds. The SMILES string of the molecule is C#CCC1=CCCC1O. The Morgan fingerprint density at radius 2 is 2.67 bits per heavy atom. The molecule has 1 rings (SSSR count). The minimum atomic E-state index is -0.249. The fourth-order valence-electron chi connectivity index (χ4n) is 1.06. The van der Waals surface area contributed by atoms with Gasteiger partial charge in [-0.3, -0.25) is 0 Å². The number of terminal acetylenes is 1. The van der Waals surface area contributed by atoms with E-state index in [-0.39, 0.29) is 6.10 Å². The Balaban J connectivity index is 2.50. The fraction of sp³-hybridized carbons (Fsp3) is 0.500. The predicted molar refractivity (Wildman–Crippen MR) is 36.8 cm³/mol. The second kappa shape index (κ2) is 2.70. The first-order valence-corrected chi connectivity index (χ1v) is 3.15. The molecule has 0 aromatic carbocycles. The zero-order valence-electron chi connectivity index (χ0n) is 5.30. The maximum Gasteiger partial charge on any atom is 0.0762 e. The number of rotatable bonds is 1. The van der Waals surface area contributed by atoms with Crippen LogP contribution < -0.4 is 0 Å². The Labute approximate surface area is 55.4 Å². The molecule has 1 N–H and O–H groups in total. The van der Waals surface area contributed by atoms with Gasteiger partial charge in [-0.15, -0.1) is 12.3 Å². The van der Waals surface area contributed by atoms with Crippen LogP contribution in [0.15, 0.2) is 11.6 Å². The van der Waals surface area contributed by atoms with Gasteiger partial charge < -0.3 is 5.11 Å². The van der Waals surface area contributed by atoms with E-state index in [9.17, 15) is 0 Å². The van der Waals surface area contributed by atoms with Crippen molar-refractivity contribution in [3.8, 4) is 12.3 Å². The van der Waals surface area contributed by atoms with Crippen LogP contribution in [0, 0.1) is 12.3 Å². The van der Waals surface area contributed by atoms with Gasteiger partial charge in [0, 0.05) is 6.42 Å². The van der Waals surface area contributed by atoms with Crippen LogP contribution >= 0.6 is 0 Å². The van der Waals surface area contributed by atoms with E-state index in [1.54, 1.807) is 0 Å². The minimum Gasteiger partial charge on any atom is -0.389 e. The largest absolute Gasteiger partial charge is 0.389 e. The smallest absolute Gasteiger partial charge is 0.0762 e. The third kappa shape index (κ3) is 1.34. The highest BCUT2D eigenvalue weighted by atomic mass is 16.3. The fourth-order valence-corrected chi connectivity index (χ4v) is 1.06. The molecule has 1 aliphatic carbocycles. The summed E-state index contributed by atoms with van der Waals surface area (Å²) < 4.78 is 0. The second-order valence-electron chi connectivity index (χ2n) is 2.25. The molecule has 1 heteroatoms. The number of hydrogen-bond donors (Lipinski definition) is 1. The molecule has 0 saturated heterocycles. The van der Waals surface area contributed by atoms with Crippen LogP contribution in [0.4, 0.5) is 0 Å². The molecule has 1 nitrogen and oxygen atoms in total. The van der Waals surface area contributed by atoms with Gasteiger partial charge in [-0.1, -0.05) is 6.08 Å². The maximum atomic E-state index is 9.16. The molecule has 0 aromatic rings. The molecular formula is C8H10O. The monoisotopic (exact) mass is 122 g/mol. The summed E-state index contributed by atoms with van der Waals surface area (Å²) in [7, 11) is 0. The molecule has 0 aliphatic heterocycles. The van der Waals surface area contributed by atoms with Crippen LogP contribution in [0.25, 0.3) is 0 Å². The zero-order valence-corrected chi connectivity index (χ0v) is 5.30. The van der Waals surface area contributed by atoms with E-state index in [1.165, 1.54) is 0 Å². The normalized spacial score (nSPS) is 25.3. The van der Waals surface area contributed by atoms with Crippen molar-refractivity contribution in [1.82, 2.24) is 0 Å². The number of hydrogen-bond acceptors (Lipinski definition) is 1. The quantitative estimate of drug-likeness (QED) is 0.407.